The molecule has 2 saturated heterocycles. The molecule has 0 aromatic carbocycles. The summed E-state index contributed by atoms with van der Waals surface area (Å²) < 4.78 is 26.3. The van der Waals surface area contributed by atoms with Gasteiger partial charge in [0, 0.05) is 56.9 Å². The number of aromatic nitrogens is 2. The van der Waals surface area contributed by atoms with Gasteiger partial charge in [0.05, 0.1) is 5.75 Å². The molecule has 0 spiro atoms. The Morgan fingerprint density at radius 1 is 1.07 bits per heavy atom. The first-order valence-electron chi connectivity index (χ1n) is 10.6. The molecular formula is C20H33N5O3S. The molecular weight excluding hydrogens is 390 g/mol. The Morgan fingerprint density at radius 3 is 2.31 bits per heavy atom. The van der Waals surface area contributed by atoms with E-state index in [4.69, 9.17) is 0 Å². The van der Waals surface area contributed by atoms with Crippen LogP contribution in [0.2, 0.25) is 0 Å². The van der Waals surface area contributed by atoms with E-state index in [-0.39, 0.29) is 17.6 Å². The maximum Gasteiger partial charge on any atom is 0.225 e. The number of hydrogen-bond donors (Lipinski definition) is 0. The Morgan fingerprint density at radius 2 is 1.72 bits per heavy atom. The number of hydrogen-bond acceptors (Lipinski definition) is 6. The van der Waals surface area contributed by atoms with E-state index >= 15 is 0 Å². The Hall–Kier alpha value is -1.74. The van der Waals surface area contributed by atoms with Crippen molar-refractivity contribution in [3.63, 3.8) is 0 Å². The van der Waals surface area contributed by atoms with Crippen molar-refractivity contribution in [1.29, 1.82) is 0 Å². The van der Waals surface area contributed by atoms with E-state index in [2.05, 4.69) is 14.9 Å². The second kappa shape index (κ2) is 9.38. The number of anilines is 1. The number of aryl methyl sites for hydroxylation is 2. The largest absolute Gasteiger partial charge is 0.353 e. The van der Waals surface area contributed by atoms with Crippen molar-refractivity contribution in [2.24, 2.45) is 5.92 Å². The van der Waals surface area contributed by atoms with Crippen LogP contribution < -0.4 is 4.90 Å². The van der Waals surface area contributed by atoms with Gasteiger partial charge in [0.15, 0.2) is 0 Å². The minimum atomic E-state index is -3.17. The van der Waals surface area contributed by atoms with Crippen molar-refractivity contribution in [3.8, 4) is 0 Å². The van der Waals surface area contributed by atoms with Crippen LogP contribution in [0.1, 0.15) is 44.1 Å². The third-order valence-electron chi connectivity index (χ3n) is 5.82. The van der Waals surface area contributed by atoms with Crippen molar-refractivity contribution in [1.82, 2.24) is 19.2 Å². The van der Waals surface area contributed by atoms with Crippen LogP contribution in [0.3, 0.4) is 0 Å². The van der Waals surface area contributed by atoms with E-state index in [1.165, 1.54) is 0 Å². The van der Waals surface area contributed by atoms with Gasteiger partial charge >= 0.3 is 0 Å². The van der Waals surface area contributed by atoms with E-state index in [9.17, 15) is 13.2 Å². The van der Waals surface area contributed by atoms with Crippen molar-refractivity contribution >= 4 is 21.7 Å². The van der Waals surface area contributed by atoms with E-state index in [0.29, 0.717) is 45.4 Å². The van der Waals surface area contributed by atoms with Gasteiger partial charge in [0.2, 0.25) is 15.9 Å². The number of unbranched alkanes of at least 4 members (excludes halogenated alkanes) is 1. The van der Waals surface area contributed by atoms with Crippen LogP contribution in [0, 0.1) is 19.8 Å². The van der Waals surface area contributed by atoms with Crippen molar-refractivity contribution < 1.29 is 13.2 Å². The SMILES string of the molecule is CCCCS(=O)(=O)N1CCC(C(=O)N2CCN(c3cc(C)nc(C)n3)CC2)CC1. The molecule has 0 unspecified atom stereocenters. The van der Waals surface area contributed by atoms with Crippen LogP contribution in [0.5, 0.6) is 0 Å². The molecule has 1 aromatic rings. The number of sulfonamides is 1. The summed E-state index contributed by atoms with van der Waals surface area (Å²) in [5.74, 6) is 2.01. The summed E-state index contributed by atoms with van der Waals surface area (Å²) in [4.78, 5) is 25.9. The molecule has 0 atom stereocenters. The zero-order chi connectivity index (χ0) is 21.0. The predicted octanol–water partition coefficient (Wildman–Crippen LogP) is 1.58. The average Bonchev–Trinajstić information content (AvgIpc) is 2.71. The van der Waals surface area contributed by atoms with Crippen molar-refractivity contribution in [3.05, 3.63) is 17.6 Å². The zero-order valence-corrected chi connectivity index (χ0v) is 18.6. The number of carbonyl (C=O) groups is 1. The van der Waals surface area contributed by atoms with Crippen LogP contribution in [0.15, 0.2) is 6.07 Å². The summed E-state index contributed by atoms with van der Waals surface area (Å²) in [7, 11) is -3.17. The fourth-order valence-corrected chi connectivity index (χ4v) is 5.79. The number of nitrogens with zero attached hydrogens (tertiary/aromatic N) is 5. The molecule has 2 aliphatic rings. The minimum absolute atomic E-state index is 0.0669. The lowest BCUT2D eigenvalue weighted by atomic mass is 9.96. The number of carbonyl (C=O) groups excluding carboxylic acids is 1. The molecule has 0 bridgehead atoms. The van der Waals surface area contributed by atoms with Crippen LogP contribution >= 0.6 is 0 Å². The Kier molecular flexibility index (Phi) is 7.10. The summed E-state index contributed by atoms with van der Waals surface area (Å²) >= 11 is 0. The van der Waals surface area contributed by atoms with Gasteiger partial charge in [-0.25, -0.2) is 22.7 Å². The molecule has 0 radical (unpaired) electrons. The van der Waals surface area contributed by atoms with Crippen LogP contribution in [-0.2, 0) is 14.8 Å². The third-order valence-corrected chi connectivity index (χ3v) is 7.78. The average molecular weight is 424 g/mol. The number of amides is 1. The minimum Gasteiger partial charge on any atom is -0.353 e. The normalized spacial score (nSPS) is 19.6. The second-order valence-corrected chi connectivity index (χ2v) is 10.2. The zero-order valence-electron chi connectivity index (χ0n) is 17.8. The van der Waals surface area contributed by atoms with Crippen LogP contribution in [0.4, 0.5) is 5.82 Å². The van der Waals surface area contributed by atoms with Crippen molar-refractivity contribution in [2.45, 2.75) is 46.5 Å². The molecule has 29 heavy (non-hydrogen) atoms. The lowest BCUT2D eigenvalue weighted by Crippen LogP contribution is -2.52. The fourth-order valence-electron chi connectivity index (χ4n) is 4.11. The Bertz CT molecular complexity index is 793. The molecule has 2 aliphatic heterocycles. The molecule has 0 saturated carbocycles. The molecule has 8 nitrogen and oxygen atoms in total. The van der Waals surface area contributed by atoms with E-state index < -0.39 is 10.0 Å². The Labute approximate surface area is 174 Å². The highest BCUT2D eigenvalue weighted by atomic mass is 32.2. The van der Waals surface area contributed by atoms with Gasteiger partial charge < -0.3 is 9.80 Å². The maximum absolute atomic E-state index is 12.9. The molecule has 9 heteroatoms. The van der Waals surface area contributed by atoms with Gasteiger partial charge in [-0.1, -0.05) is 13.3 Å². The third kappa shape index (κ3) is 5.45. The highest BCUT2D eigenvalue weighted by Gasteiger charge is 2.33. The van der Waals surface area contributed by atoms with Gasteiger partial charge in [-0.15, -0.1) is 0 Å². The van der Waals surface area contributed by atoms with Crippen LogP contribution in [0.25, 0.3) is 0 Å². The topological polar surface area (TPSA) is 86.7 Å². The van der Waals surface area contributed by atoms with Crippen molar-refractivity contribution in [2.75, 3.05) is 49.9 Å². The monoisotopic (exact) mass is 423 g/mol. The van der Waals surface area contributed by atoms with E-state index in [1.807, 2.05) is 31.7 Å². The molecule has 162 valence electrons. The Balaban J connectivity index is 1.50. The smallest absolute Gasteiger partial charge is 0.225 e. The lowest BCUT2D eigenvalue weighted by molar-refractivity contribution is -0.137. The molecule has 1 aromatic heterocycles. The molecule has 3 rings (SSSR count). The molecule has 0 aliphatic carbocycles. The molecule has 1 amide bonds. The number of piperazine rings is 1. The van der Waals surface area contributed by atoms with Gasteiger partial charge in [-0.3, -0.25) is 4.79 Å². The lowest BCUT2D eigenvalue weighted by Gasteiger charge is -2.38. The first-order valence-corrected chi connectivity index (χ1v) is 12.2. The highest BCUT2D eigenvalue weighted by molar-refractivity contribution is 7.89. The summed E-state index contributed by atoms with van der Waals surface area (Å²) in [6, 6.07) is 1.99. The van der Waals surface area contributed by atoms with E-state index in [1.54, 1.807) is 4.31 Å². The van der Waals surface area contributed by atoms with Gasteiger partial charge in [0.1, 0.15) is 11.6 Å². The number of piperidine rings is 1. The second-order valence-electron chi connectivity index (χ2n) is 8.07. The van der Waals surface area contributed by atoms with Gasteiger partial charge in [-0.05, 0) is 33.1 Å². The van der Waals surface area contributed by atoms with E-state index in [0.717, 1.165) is 36.8 Å². The quantitative estimate of drug-likeness (QED) is 0.691. The molecule has 2 fully saturated rings. The first-order chi connectivity index (χ1) is 13.8. The highest BCUT2D eigenvalue weighted by Crippen LogP contribution is 2.24. The summed E-state index contributed by atoms with van der Waals surface area (Å²) in [6.45, 7) is 9.64. The van der Waals surface area contributed by atoms with Gasteiger partial charge in [0.25, 0.3) is 0 Å². The molecule has 3 heterocycles. The summed E-state index contributed by atoms with van der Waals surface area (Å²) in [5, 5.41) is 0. The summed E-state index contributed by atoms with van der Waals surface area (Å²) in [6.07, 6.45) is 2.80. The standard InChI is InChI=1S/C20H33N5O3S/c1-4-5-14-29(27,28)25-8-6-18(7-9-25)20(26)24-12-10-23(11-13-24)19-15-16(2)21-17(3)22-19/h15,18H,4-14H2,1-3H3. The van der Waals surface area contributed by atoms with Gasteiger partial charge in [-0.2, -0.15) is 0 Å². The number of rotatable bonds is 6. The predicted molar refractivity (Wildman–Crippen MR) is 113 cm³/mol. The summed E-state index contributed by atoms with van der Waals surface area (Å²) in [5.41, 5.74) is 0.951. The molecule has 0 N–H and O–H groups in total. The first kappa shape index (κ1) is 22.0. The fraction of sp³-hybridized carbons (Fsp3) is 0.750. The van der Waals surface area contributed by atoms with Crippen LogP contribution in [-0.4, -0.2) is 78.5 Å². The maximum atomic E-state index is 12.9.